The highest BCUT2D eigenvalue weighted by Gasteiger charge is 2.22. The van der Waals surface area contributed by atoms with Crippen molar-refractivity contribution >= 4 is 22.0 Å². The molecule has 100 valence electrons. The van der Waals surface area contributed by atoms with Crippen LogP contribution in [-0.2, 0) is 14.8 Å². The molecule has 0 atom stereocenters. The molecule has 0 radical (unpaired) electrons. The van der Waals surface area contributed by atoms with E-state index in [0.717, 1.165) is 19.3 Å². The predicted molar refractivity (Wildman–Crippen MR) is 62.4 cm³/mol. The fraction of sp³-hybridized carbons (Fsp3) is 0.750. The van der Waals surface area contributed by atoms with Gasteiger partial charge in [0.05, 0.1) is 6.26 Å². The van der Waals surface area contributed by atoms with Crippen LogP contribution in [0.25, 0.3) is 0 Å². The van der Waals surface area contributed by atoms with Crippen molar-refractivity contribution in [3.63, 3.8) is 0 Å². The molecule has 0 spiro atoms. The topological polar surface area (TPSA) is 144 Å². The van der Waals surface area contributed by atoms with E-state index in [1.807, 2.05) is 4.72 Å². The first kappa shape index (κ1) is 15.7. The summed E-state index contributed by atoms with van der Waals surface area (Å²) >= 11 is 0. The number of primary amides is 2. The van der Waals surface area contributed by atoms with Gasteiger partial charge in [0.25, 0.3) is 0 Å². The van der Waals surface area contributed by atoms with Gasteiger partial charge in [-0.1, -0.05) is 0 Å². The lowest BCUT2D eigenvalue weighted by molar-refractivity contribution is -0.123. The Balaban J connectivity index is 0.000000557. The number of rotatable bonds is 2. The highest BCUT2D eigenvalue weighted by Crippen LogP contribution is 2.11. The summed E-state index contributed by atoms with van der Waals surface area (Å²) in [6.45, 7) is 1.56. The van der Waals surface area contributed by atoms with E-state index >= 15 is 0 Å². The lowest BCUT2D eigenvalue weighted by atomic mass is 9.98. The molecule has 6 N–H and O–H groups in total. The number of nitrogens with two attached hydrogens (primary N) is 2. The molecule has 0 aliphatic carbocycles. The second-order valence-corrected chi connectivity index (χ2v) is 5.41. The Bertz CT molecular complexity index is 358. The van der Waals surface area contributed by atoms with Crippen molar-refractivity contribution in [3.05, 3.63) is 0 Å². The van der Waals surface area contributed by atoms with Gasteiger partial charge in [-0.25, -0.2) is 13.2 Å². The van der Waals surface area contributed by atoms with Gasteiger partial charge in [-0.05, 0) is 25.9 Å². The molecule has 9 heteroatoms. The normalized spacial score (nSPS) is 16.5. The Kier molecular flexibility index (Phi) is 6.51. The first-order chi connectivity index (χ1) is 7.72. The van der Waals surface area contributed by atoms with Crippen LogP contribution in [0.3, 0.4) is 0 Å². The third kappa shape index (κ3) is 9.57. The van der Waals surface area contributed by atoms with Gasteiger partial charge >= 0.3 is 6.03 Å². The van der Waals surface area contributed by atoms with Crippen LogP contribution in [0, 0.1) is 5.92 Å². The largest absolute Gasteiger partial charge is 0.352 e. The molecule has 1 saturated heterocycles. The van der Waals surface area contributed by atoms with Crippen molar-refractivity contribution in [3.8, 4) is 0 Å². The second kappa shape index (κ2) is 7.07. The number of hydrogen-bond acceptors (Lipinski definition) is 5. The molecule has 0 aromatic heterocycles. The Morgan fingerprint density at radius 2 is 1.65 bits per heavy atom. The fourth-order valence-electron chi connectivity index (χ4n) is 1.35. The van der Waals surface area contributed by atoms with Crippen molar-refractivity contribution in [2.45, 2.75) is 12.8 Å². The van der Waals surface area contributed by atoms with Crippen molar-refractivity contribution in [1.29, 1.82) is 0 Å². The Morgan fingerprint density at radius 1 is 1.24 bits per heavy atom. The van der Waals surface area contributed by atoms with Crippen molar-refractivity contribution in [1.82, 2.24) is 10.0 Å². The SMILES string of the molecule is CS(=O)(=O)NC(=O)C1CCNCC1.NC(N)=O. The number of amides is 3. The molecular weight excluding hydrogens is 248 g/mol. The molecule has 0 saturated carbocycles. The van der Waals surface area contributed by atoms with Crippen molar-refractivity contribution < 1.29 is 18.0 Å². The summed E-state index contributed by atoms with van der Waals surface area (Å²) in [4.78, 5) is 20.3. The third-order valence-corrected chi connectivity index (χ3v) is 2.57. The van der Waals surface area contributed by atoms with Crippen LogP contribution in [0.5, 0.6) is 0 Å². The highest BCUT2D eigenvalue weighted by atomic mass is 32.2. The van der Waals surface area contributed by atoms with E-state index in [2.05, 4.69) is 16.8 Å². The van der Waals surface area contributed by atoms with Crippen LogP contribution >= 0.6 is 0 Å². The molecule has 8 nitrogen and oxygen atoms in total. The molecule has 17 heavy (non-hydrogen) atoms. The lowest BCUT2D eigenvalue weighted by Gasteiger charge is -2.20. The molecule has 0 bridgehead atoms. The van der Waals surface area contributed by atoms with E-state index in [1.165, 1.54) is 0 Å². The van der Waals surface area contributed by atoms with E-state index in [-0.39, 0.29) is 11.8 Å². The maximum absolute atomic E-state index is 11.3. The fourth-order valence-corrected chi connectivity index (χ4v) is 1.88. The number of urea groups is 1. The van der Waals surface area contributed by atoms with Crippen LogP contribution in [0.4, 0.5) is 4.79 Å². The number of carbonyl (C=O) groups excluding carboxylic acids is 2. The molecule has 0 aromatic rings. The van der Waals surface area contributed by atoms with E-state index in [4.69, 9.17) is 4.79 Å². The molecule has 1 aliphatic rings. The molecule has 1 fully saturated rings. The summed E-state index contributed by atoms with van der Waals surface area (Å²) in [6.07, 6.45) is 2.41. The first-order valence-electron chi connectivity index (χ1n) is 4.99. The summed E-state index contributed by atoms with van der Waals surface area (Å²) < 4.78 is 23.5. The molecule has 0 aromatic carbocycles. The van der Waals surface area contributed by atoms with Gasteiger partial charge in [0.2, 0.25) is 15.9 Å². The summed E-state index contributed by atoms with van der Waals surface area (Å²) in [6, 6.07) is -0.833. The van der Waals surface area contributed by atoms with Gasteiger partial charge in [-0.3, -0.25) is 9.52 Å². The first-order valence-corrected chi connectivity index (χ1v) is 6.88. The monoisotopic (exact) mass is 266 g/mol. The van der Waals surface area contributed by atoms with Crippen LogP contribution < -0.4 is 21.5 Å². The number of sulfonamides is 1. The minimum atomic E-state index is -3.39. The second-order valence-electron chi connectivity index (χ2n) is 3.67. The lowest BCUT2D eigenvalue weighted by Crippen LogP contribution is -2.40. The van der Waals surface area contributed by atoms with Crippen LogP contribution in [0.2, 0.25) is 0 Å². The van der Waals surface area contributed by atoms with E-state index in [1.54, 1.807) is 0 Å². The van der Waals surface area contributed by atoms with Gasteiger partial charge in [0.1, 0.15) is 0 Å². The van der Waals surface area contributed by atoms with Gasteiger partial charge in [0.15, 0.2) is 0 Å². The zero-order valence-electron chi connectivity index (χ0n) is 9.60. The van der Waals surface area contributed by atoms with Crippen molar-refractivity contribution in [2.75, 3.05) is 19.3 Å². The standard InChI is InChI=1S/C7H14N2O3S.CH4N2O/c1-13(11,12)9-7(10)6-2-4-8-5-3-6;2-1(3)4/h6,8H,2-5H2,1H3,(H,9,10);(H4,2,3,4). The number of piperidine rings is 1. The van der Waals surface area contributed by atoms with Gasteiger partial charge in [-0.15, -0.1) is 0 Å². The number of hydrogen-bond donors (Lipinski definition) is 4. The zero-order valence-corrected chi connectivity index (χ0v) is 10.4. The quantitative estimate of drug-likeness (QED) is 0.460. The maximum atomic E-state index is 11.3. The molecule has 1 heterocycles. The Hall–Kier alpha value is -1.35. The Morgan fingerprint density at radius 3 is 2.00 bits per heavy atom. The number of carbonyl (C=O) groups is 2. The molecule has 1 aliphatic heterocycles. The summed E-state index contributed by atoms with van der Waals surface area (Å²) in [5.74, 6) is -0.528. The van der Waals surface area contributed by atoms with Crippen LogP contribution in [0.15, 0.2) is 0 Å². The minimum Gasteiger partial charge on any atom is -0.352 e. The summed E-state index contributed by atoms with van der Waals surface area (Å²) in [5.41, 5.74) is 8.50. The van der Waals surface area contributed by atoms with E-state index in [9.17, 15) is 13.2 Å². The summed E-state index contributed by atoms with van der Waals surface area (Å²) in [5, 5.41) is 3.10. The molecular formula is C8H18N4O4S. The van der Waals surface area contributed by atoms with E-state index in [0.29, 0.717) is 12.8 Å². The average Bonchev–Trinajstić information content (AvgIpc) is 2.15. The van der Waals surface area contributed by atoms with E-state index < -0.39 is 16.1 Å². The van der Waals surface area contributed by atoms with Crippen molar-refractivity contribution in [2.24, 2.45) is 17.4 Å². The van der Waals surface area contributed by atoms with Gasteiger partial charge in [-0.2, -0.15) is 0 Å². The highest BCUT2D eigenvalue weighted by molar-refractivity contribution is 7.89. The minimum absolute atomic E-state index is 0.157. The average molecular weight is 266 g/mol. The van der Waals surface area contributed by atoms with Crippen LogP contribution in [0.1, 0.15) is 12.8 Å². The maximum Gasteiger partial charge on any atom is 0.309 e. The zero-order chi connectivity index (χ0) is 13.5. The number of nitrogens with one attached hydrogen (secondary N) is 2. The Labute approximate surface area is 100 Å². The molecule has 1 rings (SSSR count). The smallest absolute Gasteiger partial charge is 0.309 e. The van der Waals surface area contributed by atoms with Crippen LogP contribution in [-0.4, -0.2) is 39.7 Å². The predicted octanol–water partition coefficient (Wildman–Crippen LogP) is -1.91. The molecule has 0 unspecified atom stereocenters. The summed E-state index contributed by atoms with van der Waals surface area (Å²) in [7, 11) is -3.39. The molecule has 3 amide bonds. The van der Waals surface area contributed by atoms with Gasteiger partial charge < -0.3 is 16.8 Å². The van der Waals surface area contributed by atoms with Gasteiger partial charge in [0, 0.05) is 5.92 Å². The third-order valence-electron chi connectivity index (χ3n) is 2.00.